The molecule has 0 aromatic carbocycles. The van der Waals surface area contributed by atoms with Crippen LogP contribution in [0, 0.1) is 5.92 Å². The van der Waals surface area contributed by atoms with Gasteiger partial charge < -0.3 is 5.32 Å². The molecule has 1 saturated carbocycles. The fourth-order valence-electron chi connectivity index (χ4n) is 2.08. The van der Waals surface area contributed by atoms with Crippen LogP contribution in [0.4, 0.5) is 13.2 Å². The van der Waals surface area contributed by atoms with E-state index in [9.17, 15) is 13.2 Å². The quantitative estimate of drug-likeness (QED) is 0.753. The van der Waals surface area contributed by atoms with Crippen LogP contribution < -0.4 is 5.32 Å². The van der Waals surface area contributed by atoms with Gasteiger partial charge in [0.2, 0.25) is 0 Å². The summed E-state index contributed by atoms with van der Waals surface area (Å²) in [5.74, 6) is 0.436. The molecule has 0 aliphatic heterocycles. The van der Waals surface area contributed by atoms with E-state index in [0.717, 1.165) is 12.8 Å². The van der Waals surface area contributed by atoms with E-state index < -0.39 is 12.7 Å². The molecule has 84 valence electrons. The number of alkyl halides is 3. The first-order chi connectivity index (χ1) is 6.49. The molecule has 1 nitrogen and oxygen atoms in total. The summed E-state index contributed by atoms with van der Waals surface area (Å²) in [5, 5.41) is 2.57. The Labute approximate surface area is 83.1 Å². The van der Waals surface area contributed by atoms with Crippen LogP contribution in [0.25, 0.3) is 0 Å². The molecule has 0 amide bonds. The Morgan fingerprint density at radius 2 is 1.79 bits per heavy atom. The summed E-state index contributed by atoms with van der Waals surface area (Å²) in [5.41, 5.74) is 0. The molecule has 1 aliphatic rings. The van der Waals surface area contributed by atoms with Crippen LogP contribution in [0.15, 0.2) is 0 Å². The second-order valence-electron chi connectivity index (χ2n) is 4.18. The second kappa shape index (κ2) is 5.01. The second-order valence-corrected chi connectivity index (χ2v) is 4.18. The summed E-state index contributed by atoms with van der Waals surface area (Å²) >= 11 is 0. The van der Waals surface area contributed by atoms with Gasteiger partial charge in [-0.3, -0.25) is 0 Å². The minimum absolute atomic E-state index is 0.00285. The average molecular weight is 209 g/mol. The topological polar surface area (TPSA) is 12.0 Å². The minimum atomic E-state index is -4.08. The van der Waals surface area contributed by atoms with Crippen molar-refractivity contribution >= 4 is 0 Å². The molecular weight excluding hydrogens is 191 g/mol. The molecule has 0 aromatic rings. The standard InChI is InChI=1S/C10H18F3N/c1-8(14-7-10(11,12)13)9-5-3-2-4-6-9/h8-9,14H,2-7H2,1H3/t8-/m0/s1. The minimum Gasteiger partial charge on any atom is -0.306 e. The van der Waals surface area contributed by atoms with E-state index >= 15 is 0 Å². The molecule has 0 aromatic heterocycles. The predicted molar refractivity (Wildman–Crippen MR) is 50.1 cm³/mol. The Morgan fingerprint density at radius 3 is 2.29 bits per heavy atom. The smallest absolute Gasteiger partial charge is 0.306 e. The van der Waals surface area contributed by atoms with Crippen LogP contribution in [-0.2, 0) is 0 Å². The summed E-state index contributed by atoms with van der Waals surface area (Å²) in [4.78, 5) is 0. The van der Waals surface area contributed by atoms with Gasteiger partial charge in [-0.25, -0.2) is 0 Å². The monoisotopic (exact) mass is 209 g/mol. The molecule has 1 fully saturated rings. The summed E-state index contributed by atoms with van der Waals surface area (Å²) in [6, 6.07) is -0.00285. The highest BCUT2D eigenvalue weighted by atomic mass is 19.4. The molecule has 0 radical (unpaired) electrons. The molecule has 14 heavy (non-hydrogen) atoms. The van der Waals surface area contributed by atoms with Crippen molar-refractivity contribution in [1.29, 1.82) is 0 Å². The number of halogens is 3. The molecule has 1 N–H and O–H groups in total. The van der Waals surface area contributed by atoms with Crippen molar-refractivity contribution < 1.29 is 13.2 Å². The van der Waals surface area contributed by atoms with Gasteiger partial charge >= 0.3 is 6.18 Å². The highest BCUT2D eigenvalue weighted by molar-refractivity contribution is 4.76. The molecule has 0 spiro atoms. The summed E-state index contributed by atoms with van der Waals surface area (Å²) in [6.45, 7) is 1.01. The maximum Gasteiger partial charge on any atom is 0.401 e. The Bertz CT molecular complexity index is 161. The average Bonchev–Trinajstić information content (AvgIpc) is 2.14. The number of rotatable bonds is 3. The highest BCUT2D eigenvalue weighted by Gasteiger charge is 2.29. The number of hydrogen-bond acceptors (Lipinski definition) is 1. The SMILES string of the molecule is C[C@H](NCC(F)(F)F)C1CCCCC1. The lowest BCUT2D eigenvalue weighted by Crippen LogP contribution is -2.40. The van der Waals surface area contributed by atoms with Crippen LogP contribution in [0.1, 0.15) is 39.0 Å². The zero-order valence-electron chi connectivity index (χ0n) is 8.53. The summed E-state index contributed by atoms with van der Waals surface area (Å²) < 4.78 is 35.8. The maximum absolute atomic E-state index is 11.9. The molecule has 0 bridgehead atoms. The normalized spacial score (nSPS) is 22.3. The van der Waals surface area contributed by atoms with Crippen LogP contribution in [0.5, 0.6) is 0 Å². The van der Waals surface area contributed by atoms with Crippen molar-refractivity contribution in [2.24, 2.45) is 5.92 Å². The Kier molecular flexibility index (Phi) is 4.23. The van der Waals surface area contributed by atoms with Gasteiger partial charge in [0.15, 0.2) is 0 Å². The van der Waals surface area contributed by atoms with Crippen LogP contribution in [-0.4, -0.2) is 18.8 Å². The maximum atomic E-state index is 11.9. The Balaban J connectivity index is 2.23. The first-order valence-electron chi connectivity index (χ1n) is 5.29. The van der Waals surface area contributed by atoms with Gasteiger partial charge in [-0.1, -0.05) is 19.3 Å². The first kappa shape index (κ1) is 11.8. The summed E-state index contributed by atoms with van der Waals surface area (Å²) in [7, 11) is 0. The van der Waals surface area contributed by atoms with Gasteiger partial charge in [-0.2, -0.15) is 13.2 Å². The van der Waals surface area contributed by atoms with Gasteiger partial charge in [-0.15, -0.1) is 0 Å². The van der Waals surface area contributed by atoms with Crippen LogP contribution in [0.3, 0.4) is 0 Å². The third kappa shape index (κ3) is 4.31. The van der Waals surface area contributed by atoms with Crippen molar-refractivity contribution in [2.45, 2.75) is 51.2 Å². The van der Waals surface area contributed by atoms with Crippen LogP contribution in [0.2, 0.25) is 0 Å². The third-order valence-electron chi connectivity index (χ3n) is 2.98. The molecule has 0 saturated heterocycles. The third-order valence-corrected chi connectivity index (χ3v) is 2.98. The van der Waals surface area contributed by atoms with E-state index in [1.807, 2.05) is 6.92 Å². The molecule has 0 heterocycles. The number of nitrogens with one attached hydrogen (secondary N) is 1. The fourth-order valence-corrected chi connectivity index (χ4v) is 2.08. The van der Waals surface area contributed by atoms with Crippen molar-refractivity contribution in [3.8, 4) is 0 Å². The van der Waals surface area contributed by atoms with E-state index in [1.54, 1.807) is 0 Å². The van der Waals surface area contributed by atoms with E-state index in [4.69, 9.17) is 0 Å². The van der Waals surface area contributed by atoms with Gasteiger partial charge in [0.25, 0.3) is 0 Å². The van der Waals surface area contributed by atoms with Crippen molar-refractivity contribution in [1.82, 2.24) is 5.32 Å². The lowest BCUT2D eigenvalue weighted by Gasteiger charge is -2.28. The molecule has 0 unspecified atom stereocenters. The van der Waals surface area contributed by atoms with Gasteiger partial charge in [-0.05, 0) is 25.7 Å². The van der Waals surface area contributed by atoms with Crippen molar-refractivity contribution in [3.05, 3.63) is 0 Å². The lowest BCUT2D eigenvalue weighted by molar-refractivity contribution is -0.126. The van der Waals surface area contributed by atoms with Gasteiger partial charge in [0, 0.05) is 6.04 Å². The molecular formula is C10H18F3N. The van der Waals surface area contributed by atoms with E-state index in [1.165, 1.54) is 19.3 Å². The molecule has 4 heteroatoms. The Morgan fingerprint density at radius 1 is 1.21 bits per heavy atom. The zero-order valence-corrected chi connectivity index (χ0v) is 8.53. The van der Waals surface area contributed by atoms with Gasteiger partial charge in [0.05, 0.1) is 6.54 Å². The van der Waals surface area contributed by atoms with Gasteiger partial charge in [0.1, 0.15) is 0 Å². The lowest BCUT2D eigenvalue weighted by atomic mass is 9.84. The van der Waals surface area contributed by atoms with Crippen molar-refractivity contribution in [3.63, 3.8) is 0 Å². The molecule has 1 aliphatic carbocycles. The van der Waals surface area contributed by atoms with E-state index in [2.05, 4.69) is 5.32 Å². The highest BCUT2D eigenvalue weighted by Crippen LogP contribution is 2.26. The first-order valence-corrected chi connectivity index (χ1v) is 5.29. The molecule has 1 atom stereocenters. The van der Waals surface area contributed by atoms with Crippen LogP contribution >= 0.6 is 0 Å². The number of hydrogen-bond donors (Lipinski definition) is 1. The molecule has 1 rings (SSSR count). The fraction of sp³-hybridized carbons (Fsp3) is 1.00. The largest absolute Gasteiger partial charge is 0.401 e. The van der Waals surface area contributed by atoms with E-state index in [0.29, 0.717) is 5.92 Å². The Hall–Kier alpha value is -0.250. The van der Waals surface area contributed by atoms with E-state index in [-0.39, 0.29) is 6.04 Å². The zero-order chi connectivity index (χ0) is 10.6. The predicted octanol–water partition coefficient (Wildman–Crippen LogP) is 3.11. The summed E-state index contributed by atoms with van der Waals surface area (Å²) in [6.07, 6.45) is 1.65. The van der Waals surface area contributed by atoms with Crippen molar-refractivity contribution in [2.75, 3.05) is 6.54 Å².